The van der Waals surface area contributed by atoms with Crippen molar-refractivity contribution in [3.63, 3.8) is 0 Å². The van der Waals surface area contributed by atoms with Gasteiger partial charge in [0, 0.05) is 5.88 Å². The molecule has 0 radical (unpaired) electrons. The lowest BCUT2D eigenvalue weighted by Gasteiger charge is -2.24. The summed E-state index contributed by atoms with van der Waals surface area (Å²) in [6, 6.07) is 0. The molecule has 0 aromatic rings. The molecular weight excluding hydrogens is 158 g/mol. The van der Waals surface area contributed by atoms with Gasteiger partial charge in [-0.15, -0.1) is 11.6 Å². The Balaban J connectivity index is 2.15. The van der Waals surface area contributed by atoms with Crippen LogP contribution in [0.15, 0.2) is 12.2 Å². The minimum Gasteiger partial charge on any atom is -0.330 e. The first-order chi connectivity index (χ1) is 5.36. The average Bonchev–Trinajstić information content (AvgIpc) is 2.60. The zero-order valence-corrected chi connectivity index (χ0v) is 7.30. The van der Waals surface area contributed by atoms with Gasteiger partial charge < -0.3 is 5.73 Å². The summed E-state index contributed by atoms with van der Waals surface area (Å²) in [5.41, 5.74) is 5.69. The Kier molecular flexibility index (Phi) is 1.94. The molecule has 0 aromatic heterocycles. The molecule has 2 bridgehead atoms. The SMILES string of the molecule is NCC1C2C=CC(C2)C1CCl. The van der Waals surface area contributed by atoms with Gasteiger partial charge in [0.2, 0.25) is 0 Å². The summed E-state index contributed by atoms with van der Waals surface area (Å²) in [4.78, 5) is 0. The molecule has 0 spiro atoms. The molecule has 4 atom stereocenters. The number of alkyl halides is 1. The van der Waals surface area contributed by atoms with Gasteiger partial charge in [-0.1, -0.05) is 12.2 Å². The number of rotatable bonds is 2. The molecule has 4 unspecified atom stereocenters. The van der Waals surface area contributed by atoms with E-state index < -0.39 is 0 Å². The quantitative estimate of drug-likeness (QED) is 0.496. The Morgan fingerprint density at radius 3 is 2.36 bits per heavy atom. The highest BCUT2D eigenvalue weighted by molar-refractivity contribution is 6.18. The highest BCUT2D eigenvalue weighted by Gasteiger charge is 2.42. The summed E-state index contributed by atoms with van der Waals surface area (Å²) in [6.45, 7) is 0.808. The second-order valence-corrected chi connectivity index (χ2v) is 3.97. The van der Waals surface area contributed by atoms with Gasteiger partial charge >= 0.3 is 0 Å². The summed E-state index contributed by atoms with van der Waals surface area (Å²) in [6.07, 6.45) is 5.95. The maximum Gasteiger partial charge on any atom is 0.0260 e. The number of nitrogens with two attached hydrogens (primary N) is 1. The van der Waals surface area contributed by atoms with Crippen LogP contribution in [0, 0.1) is 23.7 Å². The summed E-state index contributed by atoms with van der Waals surface area (Å²) in [7, 11) is 0. The zero-order chi connectivity index (χ0) is 7.84. The topological polar surface area (TPSA) is 26.0 Å². The minimum atomic E-state index is 0.664. The van der Waals surface area contributed by atoms with Crippen molar-refractivity contribution in [2.24, 2.45) is 29.4 Å². The lowest BCUT2D eigenvalue weighted by molar-refractivity contribution is 0.348. The van der Waals surface area contributed by atoms with E-state index in [-0.39, 0.29) is 0 Å². The maximum atomic E-state index is 5.89. The van der Waals surface area contributed by atoms with Crippen molar-refractivity contribution >= 4 is 11.6 Å². The molecule has 2 heteroatoms. The molecular formula is C9H14ClN. The Morgan fingerprint density at radius 1 is 1.27 bits per heavy atom. The van der Waals surface area contributed by atoms with E-state index in [9.17, 15) is 0 Å². The Labute approximate surface area is 72.6 Å². The first kappa shape index (κ1) is 7.63. The predicted molar refractivity (Wildman–Crippen MR) is 47.5 cm³/mol. The van der Waals surface area contributed by atoms with E-state index in [0.29, 0.717) is 11.8 Å². The van der Waals surface area contributed by atoms with E-state index in [1.165, 1.54) is 6.42 Å². The average molecular weight is 172 g/mol. The first-order valence-corrected chi connectivity index (χ1v) is 4.84. The minimum absolute atomic E-state index is 0.664. The van der Waals surface area contributed by atoms with Crippen LogP contribution in [0.1, 0.15) is 6.42 Å². The summed E-state index contributed by atoms with van der Waals surface area (Å²) < 4.78 is 0. The van der Waals surface area contributed by atoms with Crippen LogP contribution in [0.4, 0.5) is 0 Å². The second kappa shape index (κ2) is 2.80. The monoisotopic (exact) mass is 171 g/mol. The zero-order valence-electron chi connectivity index (χ0n) is 6.54. The van der Waals surface area contributed by atoms with E-state index >= 15 is 0 Å². The normalized spacial score (nSPS) is 47.1. The third-order valence-corrected chi connectivity index (χ3v) is 3.61. The number of allylic oxidation sites excluding steroid dienone is 2. The van der Waals surface area contributed by atoms with Crippen LogP contribution < -0.4 is 5.73 Å². The van der Waals surface area contributed by atoms with E-state index in [4.69, 9.17) is 17.3 Å². The molecule has 1 nitrogen and oxygen atoms in total. The summed E-state index contributed by atoms with van der Waals surface area (Å²) >= 11 is 5.89. The number of hydrogen-bond acceptors (Lipinski definition) is 1. The molecule has 0 saturated heterocycles. The molecule has 2 aliphatic rings. The van der Waals surface area contributed by atoms with Crippen molar-refractivity contribution in [2.75, 3.05) is 12.4 Å². The van der Waals surface area contributed by atoms with Gasteiger partial charge in [0.1, 0.15) is 0 Å². The highest BCUT2D eigenvalue weighted by atomic mass is 35.5. The van der Waals surface area contributed by atoms with Crippen molar-refractivity contribution in [1.82, 2.24) is 0 Å². The molecule has 2 rings (SSSR count). The smallest absolute Gasteiger partial charge is 0.0260 e. The molecule has 2 N–H and O–H groups in total. The van der Waals surface area contributed by atoms with Crippen molar-refractivity contribution in [1.29, 1.82) is 0 Å². The van der Waals surface area contributed by atoms with Crippen LogP contribution in [-0.2, 0) is 0 Å². The second-order valence-electron chi connectivity index (χ2n) is 3.67. The lowest BCUT2D eigenvalue weighted by Crippen LogP contribution is -2.27. The summed E-state index contributed by atoms with van der Waals surface area (Å²) in [5.74, 6) is 3.60. The fraction of sp³-hybridized carbons (Fsp3) is 0.778. The standard InChI is InChI=1S/C9H14ClN/c10-4-8-6-1-2-7(3-6)9(8)5-11/h1-2,6-9H,3-5,11H2. The van der Waals surface area contributed by atoms with Crippen molar-refractivity contribution in [3.05, 3.63) is 12.2 Å². The molecule has 0 amide bonds. The molecule has 1 fully saturated rings. The molecule has 62 valence electrons. The third-order valence-electron chi connectivity index (χ3n) is 3.25. The van der Waals surface area contributed by atoms with E-state index in [0.717, 1.165) is 24.3 Å². The number of hydrogen-bond donors (Lipinski definition) is 1. The molecule has 0 heterocycles. The Bertz CT molecular complexity index is 160. The molecule has 11 heavy (non-hydrogen) atoms. The van der Waals surface area contributed by atoms with Gasteiger partial charge in [0.05, 0.1) is 0 Å². The van der Waals surface area contributed by atoms with E-state index in [1.807, 2.05) is 0 Å². The fourth-order valence-corrected chi connectivity index (χ4v) is 3.06. The van der Waals surface area contributed by atoms with Gasteiger partial charge in [-0.25, -0.2) is 0 Å². The van der Waals surface area contributed by atoms with Gasteiger partial charge in [-0.3, -0.25) is 0 Å². The van der Waals surface area contributed by atoms with Crippen LogP contribution in [0.5, 0.6) is 0 Å². The highest BCUT2D eigenvalue weighted by Crippen LogP contribution is 2.47. The van der Waals surface area contributed by atoms with E-state index in [2.05, 4.69) is 12.2 Å². The summed E-state index contributed by atoms with van der Waals surface area (Å²) in [5, 5.41) is 0. The van der Waals surface area contributed by atoms with Gasteiger partial charge in [0.15, 0.2) is 0 Å². The fourth-order valence-electron chi connectivity index (χ4n) is 2.61. The van der Waals surface area contributed by atoms with Crippen LogP contribution in [0.25, 0.3) is 0 Å². The van der Waals surface area contributed by atoms with E-state index in [1.54, 1.807) is 0 Å². The molecule has 0 aliphatic heterocycles. The van der Waals surface area contributed by atoms with Crippen molar-refractivity contribution in [3.8, 4) is 0 Å². The lowest BCUT2D eigenvalue weighted by atomic mass is 9.84. The number of fused-ring (bicyclic) bond motifs is 2. The Morgan fingerprint density at radius 2 is 1.91 bits per heavy atom. The predicted octanol–water partition coefficient (Wildman–Crippen LogP) is 1.62. The third kappa shape index (κ3) is 1.02. The first-order valence-electron chi connectivity index (χ1n) is 4.31. The largest absolute Gasteiger partial charge is 0.330 e. The van der Waals surface area contributed by atoms with Crippen LogP contribution in [0.2, 0.25) is 0 Å². The maximum absolute atomic E-state index is 5.89. The molecule has 0 aromatic carbocycles. The van der Waals surface area contributed by atoms with Gasteiger partial charge in [-0.2, -0.15) is 0 Å². The van der Waals surface area contributed by atoms with Gasteiger partial charge in [0.25, 0.3) is 0 Å². The van der Waals surface area contributed by atoms with Crippen molar-refractivity contribution in [2.45, 2.75) is 6.42 Å². The number of halogens is 1. The van der Waals surface area contributed by atoms with Crippen molar-refractivity contribution < 1.29 is 0 Å². The van der Waals surface area contributed by atoms with Crippen LogP contribution in [0.3, 0.4) is 0 Å². The van der Waals surface area contributed by atoms with Crippen LogP contribution in [-0.4, -0.2) is 12.4 Å². The van der Waals surface area contributed by atoms with Gasteiger partial charge in [-0.05, 0) is 36.6 Å². The van der Waals surface area contributed by atoms with Crippen LogP contribution >= 0.6 is 11.6 Å². The molecule has 1 saturated carbocycles. The molecule has 2 aliphatic carbocycles. The Hall–Kier alpha value is -0.0100.